The minimum Gasteiger partial charge on any atom is -0.723 e. The fraction of sp³-hybridized carbons (Fsp3) is 0.467. The van der Waals surface area contributed by atoms with E-state index in [1.54, 1.807) is 23.1 Å². The Bertz CT molecular complexity index is 743. The molecule has 0 unspecified atom stereocenters. The fourth-order valence-electron chi connectivity index (χ4n) is 3.03. The van der Waals surface area contributed by atoms with Gasteiger partial charge in [-0.25, -0.2) is 0 Å². The van der Waals surface area contributed by atoms with Crippen molar-refractivity contribution in [3.8, 4) is 5.69 Å². The molecule has 8 nitrogen and oxygen atoms in total. The summed E-state index contributed by atoms with van der Waals surface area (Å²) in [6.45, 7) is 4.50. The molecule has 1 saturated heterocycles. The van der Waals surface area contributed by atoms with E-state index in [0.717, 1.165) is 29.6 Å². The lowest BCUT2D eigenvalue weighted by atomic mass is 10.0. The molecule has 2 heterocycles. The minimum absolute atomic E-state index is 0.0312. The molecule has 1 aliphatic rings. The van der Waals surface area contributed by atoms with E-state index < -0.39 is 10.7 Å². The molecular weight excluding hydrogens is 298 g/mol. The molecule has 1 atom stereocenters. The number of nitro groups is 1. The molecule has 2 aromatic rings. The van der Waals surface area contributed by atoms with Crippen molar-refractivity contribution in [3.05, 3.63) is 45.2 Å². The van der Waals surface area contributed by atoms with Gasteiger partial charge >= 0.3 is 11.6 Å². The number of rotatable bonds is 3. The first kappa shape index (κ1) is 15.3. The van der Waals surface area contributed by atoms with E-state index in [1.807, 2.05) is 19.9 Å². The standard InChI is InChI=1S/C15H19N5O3/c1-11-6-5-8-13(10-11)18-16-14(20(22)23)15(19(18)21)17-9-4-3-7-12(17)2/h5-6,8,10,12H,3-4,7,9H2,1-2H3/t12-/m1/s1. The van der Waals surface area contributed by atoms with Gasteiger partial charge in [-0.15, -0.1) is 0 Å². The molecule has 0 radical (unpaired) electrons. The minimum atomic E-state index is -0.586. The number of hydrogen-bond acceptors (Lipinski definition) is 5. The summed E-state index contributed by atoms with van der Waals surface area (Å²) in [5.74, 6) is -0.362. The van der Waals surface area contributed by atoms with Crippen LogP contribution in [0, 0.1) is 22.2 Å². The van der Waals surface area contributed by atoms with Gasteiger partial charge in [-0.2, -0.15) is 4.85 Å². The number of nitrogens with zero attached hydrogens (tertiary/aromatic N) is 5. The maximum Gasteiger partial charge on any atom is 0.428 e. The number of aromatic nitrogens is 3. The van der Waals surface area contributed by atoms with Gasteiger partial charge < -0.3 is 15.3 Å². The molecule has 1 aromatic carbocycles. The number of hydrogen-bond donors (Lipinski definition) is 0. The van der Waals surface area contributed by atoms with Crippen molar-refractivity contribution in [2.45, 2.75) is 39.2 Å². The summed E-state index contributed by atoms with van der Waals surface area (Å²) >= 11 is 0. The molecule has 0 spiro atoms. The summed E-state index contributed by atoms with van der Waals surface area (Å²) in [7, 11) is 0. The number of anilines is 1. The number of piperidine rings is 1. The molecule has 23 heavy (non-hydrogen) atoms. The zero-order chi connectivity index (χ0) is 16.6. The third-order valence-electron chi connectivity index (χ3n) is 4.22. The molecular formula is C15H19N5O3. The molecule has 0 bridgehead atoms. The van der Waals surface area contributed by atoms with Gasteiger partial charge in [0.25, 0.3) is 0 Å². The lowest BCUT2D eigenvalue weighted by Crippen LogP contribution is -2.47. The molecule has 1 fully saturated rings. The second-order valence-corrected chi connectivity index (χ2v) is 5.94. The van der Waals surface area contributed by atoms with Crippen LogP contribution in [0.5, 0.6) is 0 Å². The Morgan fingerprint density at radius 2 is 2.17 bits per heavy atom. The first-order valence-corrected chi connectivity index (χ1v) is 7.70. The average molecular weight is 317 g/mol. The summed E-state index contributed by atoms with van der Waals surface area (Å²) in [5, 5.41) is 28.1. The van der Waals surface area contributed by atoms with Gasteiger partial charge in [0, 0.05) is 5.10 Å². The summed E-state index contributed by atoms with van der Waals surface area (Å²) in [5.41, 5.74) is 1.47. The smallest absolute Gasteiger partial charge is 0.428 e. The lowest BCUT2D eigenvalue weighted by molar-refractivity contribution is -0.677. The monoisotopic (exact) mass is 317 g/mol. The van der Waals surface area contributed by atoms with E-state index in [-0.39, 0.29) is 11.9 Å². The van der Waals surface area contributed by atoms with Crippen molar-refractivity contribution in [1.29, 1.82) is 0 Å². The van der Waals surface area contributed by atoms with Crippen LogP contribution in [0.25, 0.3) is 5.69 Å². The first-order chi connectivity index (χ1) is 11.0. The van der Waals surface area contributed by atoms with Gasteiger partial charge in [0.15, 0.2) is 0 Å². The normalized spacial score (nSPS) is 18.2. The van der Waals surface area contributed by atoms with Crippen molar-refractivity contribution in [3.63, 3.8) is 0 Å². The van der Waals surface area contributed by atoms with Crippen LogP contribution in [0.2, 0.25) is 0 Å². The average Bonchev–Trinajstić information content (AvgIpc) is 2.85. The van der Waals surface area contributed by atoms with Gasteiger partial charge in [-0.1, -0.05) is 16.9 Å². The molecule has 8 heteroatoms. The predicted molar refractivity (Wildman–Crippen MR) is 84.6 cm³/mol. The molecule has 0 N–H and O–H groups in total. The van der Waals surface area contributed by atoms with Crippen LogP contribution in [0.15, 0.2) is 24.3 Å². The van der Waals surface area contributed by atoms with Gasteiger partial charge in [0.2, 0.25) is 0 Å². The molecule has 122 valence electrons. The van der Waals surface area contributed by atoms with Crippen molar-refractivity contribution < 1.29 is 9.77 Å². The Labute approximate surface area is 133 Å². The molecule has 3 rings (SSSR count). The lowest BCUT2D eigenvalue weighted by Gasteiger charge is -2.30. The van der Waals surface area contributed by atoms with E-state index in [1.165, 1.54) is 0 Å². The maximum atomic E-state index is 12.7. The van der Waals surface area contributed by atoms with Crippen molar-refractivity contribution in [2.24, 2.45) is 0 Å². The van der Waals surface area contributed by atoms with Crippen LogP contribution in [0.4, 0.5) is 11.6 Å². The summed E-state index contributed by atoms with van der Waals surface area (Å²) in [4.78, 5) is 14.2. The van der Waals surface area contributed by atoms with E-state index in [0.29, 0.717) is 17.1 Å². The van der Waals surface area contributed by atoms with Gasteiger partial charge in [0.1, 0.15) is 5.69 Å². The van der Waals surface area contributed by atoms with Crippen LogP contribution in [0.1, 0.15) is 31.7 Å². The quantitative estimate of drug-likeness (QED) is 0.374. The van der Waals surface area contributed by atoms with Gasteiger partial charge in [0.05, 0.1) is 12.6 Å². The molecule has 1 aliphatic heterocycles. The first-order valence-electron chi connectivity index (χ1n) is 7.70. The van der Waals surface area contributed by atoms with E-state index in [4.69, 9.17) is 0 Å². The zero-order valence-electron chi connectivity index (χ0n) is 13.2. The maximum absolute atomic E-state index is 12.7. The van der Waals surface area contributed by atoms with Crippen molar-refractivity contribution in [1.82, 2.24) is 9.90 Å². The Balaban J connectivity index is 2.13. The Morgan fingerprint density at radius 1 is 1.39 bits per heavy atom. The number of aryl methyl sites for hydroxylation is 1. The van der Waals surface area contributed by atoms with Crippen molar-refractivity contribution in [2.75, 3.05) is 11.4 Å². The zero-order valence-corrected chi connectivity index (χ0v) is 13.2. The van der Waals surface area contributed by atoms with E-state index in [2.05, 4.69) is 5.10 Å². The summed E-state index contributed by atoms with van der Waals surface area (Å²) < 4.78 is 0. The third-order valence-corrected chi connectivity index (χ3v) is 4.22. The topological polar surface area (TPSA) is 91.1 Å². The Kier molecular flexibility index (Phi) is 3.89. The summed E-state index contributed by atoms with van der Waals surface area (Å²) in [6.07, 6.45) is 2.89. The molecule has 0 amide bonds. The Hall–Kier alpha value is -2.64. The van der Waals surface area contributed by atoms with Crippen molar-refractivity contribution >= 4 is 11.6 Å². The van der Waals surface area contributed by atoms with E-state index >= 15 is 0 Å². The number of benzene rings is 1. The third kappa shape index (κ3) is 2.71. The summed E-state index contributed by atoms with van der Waals surface area (Å²) in [6, 6.07) is 7.25. The van der Waals surface area contributed by atoms with E-state index in [9.17, 15) is 15.3 Å². The highest BCUT2D eigenvalue weighted by atomic mass is 16.6. The SMILES string of the molecule is Cc1cccc(-n2nc([N+](=O)[O-])c(N3CCCC[C@H]3C)[n+]2[O-])c1. The van der Waals surface area contributed by atoms with Crippen LogP contribution >= 0.6 is 0 Å². The highest BCUT2D eigenvalue weighted by Gasteiger charge is 2.36. The van der Waals surface area contributed by atoms with Crippen LogP contribution in [-0.4, -0.2) is 27.4 Å². The Morgan fingerprint density at radius 3 is 2.83 bits per heavy atom. The predicted octanol–water partition coefficient (Wildman–Crippen LogP) is 2.10. The van der Waals surface area contributed by atoms with Crippen LogP contribution < -0.4 is 9.75 Å². The van der Waals surface area contributed by atoms with Gasteiger partial charge in [-0.3, -0.25) is 4.90 Å². The fourth-order valence-corrected chi connectivity index (χ4v) is 3.03. The van der Waals surface area contributed by atoms with Crippen LogP contribution in [-0.2, 0) is 0 Å². The largest absolute Gasteiger partial charge is 0.723 e. The van der Waals surface area contributed by atoms with Crippen LogP contribution in [0.3, 0.4) is 0 Å². The van der Waals surface area contributed by atoms with Gasteiger partial charge in [-0.05, 0) is 55.7 Å². The molecule has 0 saturated carbocycles. The molecule has 0 aliphatic carbocycles. The second kappa shape index (κ2) is 5.86. The highest BCUT2D eigenvalue weighted by molar-refractivity contribution is 5.50. The molecule has 1 aromatic heterocycles. The highest BCUT2D eigenvalue weighted by Crippen LogP contribution is 2.29. The second-order valence-electron chi connectivity index (χ2n) is 5.94.